The highest BCUT2D eigenvalue weighted by Crippen LogP contribution is 2.18. The van der Waals surface area contributed by atoms with Crippen LogP contribution in [0.25, 0.3) is 10.9 Å². The van der Waals surface area contributed by atoms with Crippen molar-refractivity contribution in [3.05, 3.63) is 60.3 Å². The predicted molar refractivity (Wildman–Crippen MR) is 80.8 cm³/mol. The molecule has 1 aromatic carbocycles. The van der Waals surface area contributed by atoms with E-state index < -0.39 is 0 Å². The lowest BCUT2D eigenvalue weighted by Crippen LogP contribution is -2.29. The van der Waals surface area contributed by atoms with Gasteiger partial charge in [0.15, 0.2) is 0 Å². The number of carbonyl (C=O) groups excluding carboxylic acids is 1. The number of amides is 1. The van der Waals surface area contributed by atoms with E-state index in [-0.39, 0.29) is 11.9 Å². The monoisotopic (exact) mass is 280 g/mol. The number of nitrogens with one attached hydrogen (secondary N) is 2. The van der Waals surface area contributed by atoms with Crippen LogP contribution in [0.5, 0.6) is 0 Å². The average Bonchev–Trinajstić information content (AvgIpc) is 3.06. The van der Waals surface area contributed by atoms with E-state index in [1.807, 2.05) is 31.2 Å². The first-order chi connectivity index (χ1) is 10.3. The number of benzene rings is 1. The Kier molecular flexibility index (Phi) is 3.64. The quantitative estimate of drug-likeness (QED) is 0.772. The van der Waals surface area contributed by atoms with Crippen molar-refractivity contribution in [1.82, 2.24) is 20.3 Å². The number of nitrogens with zero attached hydrogens (tertiary/aromatic N) is 2. The fourth-order valence-electron chi connectivity index (χ4n) is 2.36. The molecule has 2 N–H and O–H groups in total. The van der Waals surface area contributed by atoms with Crippen LogP contribution >= 0.6 is 0 Å². The molecule has 1 unspecified atom stereocenters. The molecule has 1 amide bonds. The van der Waals surface area contributed by atoms with Gasteiger partial charge in [-0.15, -0.1) is 0 Å². The first kappa shape index (κ1) is 13.3. The molecule has 0 aliphatic rings. The smallest absolute Gasteiger partial charge is 0.252 e. The molecule has 1 atom stereocenters. The van der Waals surface area contributed by atoms with Crippen LogP contribution < -0.4 is 5.32 Å². The van der Waals surface area contributed by atoms with E-state index in [0.717, 1.165) is 23.1 Å². The van der Waals surface area contributed by atoms with Crippen molar-refractivity contribution in [3.8, 4) is 0 Å². The van der Waals surface area contributed by atoms with Gasteiger partial charge in [0.2, 0.25) is 0 Å². The third-order valence-corrected chi connectivity index (χ3v) is 3.46. The van der Waals surface area contributed by atoms with Crippen LogP contribution in [0.2, 0.25) is 0 Å². The molecule has 0 aliphatic carbocycles. The molecule has 21 heavy (non-hydrogen) atoms. The summed E-state index contributed by atoms with van der Waals surface area (Å²) in [6.07, 6.45) is 5.87. The number of carbonyl (C=O) groups is 1. The summed E-state index contributed by atoms with van der Waals surface area (Å²) in [6, 6.07) is 9.24. The van der Waals surface area contributed by atoms with Gasteiger partial charge in [-0.3, -0.25) is 9.78 Å². The second-order valence-corrected chi connectivity index (χ2v) is 4.78. The van der Waals surface area contributed by atoms with Gasteiger partial charge in [0.1, 0.15) is 5.82 Å². The Bertz CT molecular complexity index is 747. The Morgan fingerprint density at radius 2 is 2.10 bits per heavy atom. The first-order valence-corrected chi connectivity index (χ1v) is 6.93. The SMILES string of the molecule is CCC(NC(=O)c1ccnc2ccccc12)c1ncc[nH]1. The Morgan fingerprint density at radius 1 is 1.24 bits per heavy atom. The van der Waals surface area contributed by atoms with Crippen molar-refractivity contribution >= 4 is 16.8 Å². The van der Waals surface area contributed by atoms with E-state index in [0.29, 0.717) is 5.56 Å². The third-order valence-electron chi connectivity index (χ3n) is 3.46. The van der Waals surface area contributed by atoms with Crippen LogP contribution in [-0.2, 0) is 0 Å². The summed E-state index contributed by atoms with van der Waals surface area (Å²) in [6.45, 7) is 2.01. The zero-order valence-electron chi connectivity index (χ0n) is 11.7. The van der Waals surface area contributed by atoms with E-state index in [1.54, 1.807) is 24.7 Å². The van der Waals surface area contributed by atoms with Gasteiger partial charge in [-0.2, -0.15) is 0 Å². The minimum atomic E-state index is -0.126. The predicted octanol–water partition coefficient (Wildman–Crippen LogP) is 2.84. The van der Waals surface area contributed by atoms with E-state index in [1.165, 1.54) is 0 Å². The molecular weight excluding hydrogens is 264 g/mol. The lowest BCUT2D eigenvalue weighted by molar-refractivity contribution is 0.0935. The number of aromatic nitrogens is 3. The topological polar surface area (TPSA) is 70.7 Å². The Morgan fingerprint density at radius 3 is 2.86 bits per heavy atom. The lowest BCUT2D eigenvalue weighted by atomic mass is 10.1. The summed E-state index contributed by atoms with van der Waals surface area (Å²) < 4.78 is 0. The molecule has 2 aromatic heterocycles. The molecule has 0 bridgehead atoms. The van der Waals surface area contributed by atoms with Crippen LogP contribution in [0.15, 0.2) is 48.9 Å². The van der Waals surface area contributed by atoms with Gasteiger partial charge in [-0.1, -0.05) is 25.1 Å². The van der Waals surface area contributed by atoms with E-state index >= 15 is 0 Å². The lowest BCUT2D eigenvalue weighted by Gasteiger charge is -2.15. The second kappa shape index (κ2) is 5.75. The van der Waals surface area contributed by atoms with Gasteiger partial charge < -0.3 is 10.3 Å². The molecule has 3 rings (SSSR count). The van der Waals surface area contributed by atoms with Gasteiger partial charge >= 0.3 is 0 Å². The molecule has 2 heterocycles. The number of aromatic amines is 1. The van der Waals surface area contributed by atoms with Gasteiger partial charge in [0.05, 0.1) is 17.1 Å². The average molecular weight is 280 g/mol. The van der Waals surface area contributed by atoms with Crippen molar-refractivity contribution in [3.63, 3.8) is 0 Å². The van der Waals surface area contributed by atoms with Crippen molar-refractivity contribution in [2.45, 2.75) is 19.4 Å². The summed E-state index contributed by atoms with van der Waals surface area (Å²) in [7, 11) is 0. The number of para-hydroxylation sites is 1. The fraction of sp³-hybridized carbons (Fsp3) is 0.188. The Hall–Kier alpha value is -2.69. The molecule has 0 fully saturated rings. The molecule has 3 aromatic rings. The highest BCUT2D eigenvalue weighted by Gasteiger charge is 2.17. The van der Waals surface area contributed by atoms with Gasteiger partial charge in [0, 0.05) is 24.0 Å². The molecule has 106 valence electrons. The maximum absolute atomic E-state index is 12.5. The number of pyridine rings is 1. The number of hydrogen-bond acceptors (Lipinski definition) is 3. The normalized spacial score (nSPS) is 12.2. The molecule has 5 nitrogen and oxygen atoms in total. The minimum absolute atomic E-state index is 0.114. The van der Waals surface area contributed by atoms with Crippen LogP contribution in [0.1, 0.15) is 35.6 Å². The zero-order chi connectivity index (χ0) is 14.7. The standard InChI is InChI=1S/C16H16N4O/c1-2-13(15-18-9-10-19-15)20-16(21)12-7-8-17-14-6-4-3-5-11(12)14/h3-10,13H,2H2,1H3,(H,18,19)(H,20,21). The van der Waals surface area contributed by atoms with Crippen molar-refractivity contribution in [2.24, 2.45) is 0 Å². The summed E-state index contributed by atoms with van der Waals surface area (Å²) in [5.74, 6) is 0.654. The number of imidazole rings is 1. The van der Waals surface area contributed by atoms with Crippen molar-refractivity contribution in [1.29, 1.82) is 0 Å². The van der Waals surface area contributed by atoms with E-state index in [2.05, 4.69) is 20.3 Å². The second-order valence-electron chi connectivity index (χ2n) is 4.78. The number of H-pyrrole nitrogens is 1. The summed E-state index contributed by atoms with van der Waals surface area (Å²) in [5, 5.41) is 3.87. The highest BCUT2D eigenvalue weighted by atomic mass is 16.1. The molecule has 5 heteroatoms. The van der Waals surface area contributed by atoms with Gasteiger partial charge in [-0.05, 0) is 18.6 Å². The molecule has 0 saturated heterocycles. The number of rotatable bonds is 4. The first-order valence-electron chi connectivity index (χ1n) is 6.93. The van der Waals surface area contributed by atoms with E-state index in [9.17, 15) is 4.79 Å². The molecular formula is C16H16N4O. The van der Waals surface area contributed by atoms with Crippen LogP contribution in [0, 0.1) is 0 Å². The van der Waals surface area contributed by atoms with Crippen molar-refractivity contribution < 1.29 is 4.79 Å². The zero-order valence-corrected chi connectivity index (χ0v) is 11.7. The molecule has 0 saturated carbocycles. The molecule has 0 spiro atoms. The number of hydrogen-bond donors (Lipinski definition) is 2. The summed E-state index contributed by atoms with van der Waals surface area (Å²) in [4.78, 5) is 24.1. The van der Waals surface area contributed by atoms with Gasteiger partial charge in [-0.25, -0.2) is 4.98 Å². The fourth-order valence-corrected chi connectivity index (χ4v) is 2.36. The maximum Gasteiger partial charge on any atom is 0.252 e. The largest absolute Gasteiger partial charge is 0.347 e. The highest BCUT2D eigenvalue weighted by molar-refractivity contribution is 6.06. The van der Waals surface area contributed by atoms with E-state index in [4.69, 9.17) is 0 Å². The molecule has 0 radical (unpaired) electrons. The van der Waals surface area contributed by atoms with Gasteiger partial charge in [0.25, 0.3) is 5.91 Å². The van der Waals surface area contributed by atoms with Crippen LogP contribution in [-0.4, -0.2) is 20.9 Å². The van der Waals surface area contributed by atoms with Crippen LogP contribution in [0.4, 0.5) is 0 Å². The summed E-state index contributed by atoms with van der Waals surface area (Å²) in [5.41, 5.74) is 1.45. The number of fused-ring (bicyclic) bond motifs is 1. The Labute approximate surface area is 122 Å². The van der Waals surface area contributed by atoms with Crippen molar-refractivity contribution in [2.75, 3.05) is 0 Å². The summed E-state index contributed by atoms with van der Waals surface area (Å²) >= 11 is 0. The Balaban J connectivity index is 1.90. The van der Waals surface area contributed by atoms with Crippen LogP contribution in [0.3, 0.4) is 0 Å². The minimum Gasteiger partial charge on any atom is -0.347 e. The molecule has 0 aliphatic heterocycles. The third kappa shape index (κ3) is 2.63. The maximum atomic E-state index is 12.5.